The molecule has 6 heteroatoms. The summed E-state index contributed by atoms with van der Waals surface area (Å²) < 4.78 is 0. The first-order valence-corrected chi connectivity index (χ1v) is 7.13. The lowest BCUT2D eigenvalue weighted by molar-refractivity contribution is 0.0944. The molecule has 3 rings (SSSR count). The van der Waals surface area contributed by atoms with Gasteiger partial charge in [-0.25, -0.2) is 15.0 Å². The van der Waals surface area contributed by atoms with Crippen molar-refractivity contribution in [2.24, 2.45) is 0 Å². The third-order valence-corrected chi connectivity index (χ3v) is 3.64. The van der Waals surface area contributed by atoms with Gasteiger partial charge in [0.25, 0.3) is 5.91 Å². The second-order valence-corrected chi connectivity index (χ2v) is 5.13. The Kier molecular flexibility index (Phi) is 3.85. The molecule has 0 bridgehead atoms. The molecule has 0 aromatic carbocycles. The fourth-order valence-electron chi connectivity index (χ4n) is 2.59. The lowest BCUT2D eigenvalue weighted by atomic mass is 9.95. The predicted octanol–water partition coefficient (Wildman–Crippen LogP) is 1.38. The van der Waals surface area contributed by atoms with Crippen LogP contribution in [0.3, 0.4) is 0 Å². The number of rotatable bonds is 3. The number of fused-ring (bicyclic) bond motifs is 1. The van der Waals surface area contributed by atoms with Gasteiger partial charge in [0.15, 0.2) is 0 Å². The molecule has 1 amide bonds. The molecule has 21 heavy (non-hydrogen) atoms. The van der Waals surface area contributed by atoms with Crippen LogP contribution >= 0.6 is 0 Å². The molecule has 0 radical (unpaired) electrons. The van der Waals surface area contributed by atoms with Crippen LogP contribution in [0, 0.1) is 6.92 Å². The van der Waals surface area contributed by atoms with Crippen molar-refractivity contribution >= 4 is 5.91 Å². The molecule has 0 aliphatic heterocycles. The highest BCUT2D eigenvalue weighted by Gasteiger charge is 2.16. The minimum atomic E-state index is -0.262. The van der Waals surface area contributed by atoms with Gasteiger partial charge in [0, 0.05) is 23.8 Å². The Balaban J connectivity index is 1.71. The monoisotopic (exact) mass is 283 g/mol. The van der Waals surface area contributed by atoms with Crippen molar-refractivity contribution in [2.75, 3.05) is 0 Å². The van der Waals surface area contributed by atoms with Gasteiger partial charge >= 0.3 is 0 Å². The Morgan fingerprint density at radius 3 is 2.90 bits per heavy atom. The minimum absolute atomic E-state index is 0.262. The fourth-order valence-corrected chi connectivity index (χ4v) is 2.59. The number of hydrogen-bond acceptors (Lipinski definition) is 5. The van der Waals surface area contributed by atoms with Crippen LogP contribution in [0.2, 0.25) is 0 Å². The van der Waals surface area contributed by atoms with Crippen LogP contribution < -0.4 is 5.32 Å². The second-order valence-electron chi connectivity index (χ2n) is 5.13. The van der Waals surface area contributed by atoms with Crippen LogP contribution in [0.15, 0.2) is 18.6 Å². The molecule has 2 aromatic rings. The summed E-state index contributed by atoms with van der Waals surface area (Å²) in [5, 5.41) is 2.78. The van der Waals surface area contributed by atoms with Crippen molar-refractivity contribution in [1.82, 2.24) is 25.3 Å². The molecule has 108 valence electrons. The van der Waals surface area contributed by atoms with Gasteiger partial charge in [-0.15, -0.1) is 0 Å². The molecule has 1 aliphatic carbocycles. The zero-order chi connectivity index (χ0) is 14.7. The van der Waals surface area contributed by atoms with Gasteiger partial charge in [0.2, 0.25) is 0 Å². The van der Waals surface area contributed by atoms with Crippen LogP contribution in [0.5, 0.6) is 0 Å². The highest BCUT2D eigenvalue weighted by atomic mass is 16.1. The molecule has 0 unspecified atom stereocenters. The van der Waals surface area contributed by atoms with Crippen LogP contribution in [0.1, 0.15) is 46.1 Å². The average Bonchev–Trinajstić information content (AvgIpc) is 2.53. The van der Waals surface area contributed by atoms with E-state index in [1.165, 1.54) is 37.0 Å². The van der Waals surface area contributed by atoms with Crippen LogP contribution in [0.4, 0.5) is 0 Å². The summed E-state index contributed by atoms with van der Waals surface area (Å²) in [6.45, 7) is 2.32. The molecule has 2 aromatic heterocycles. The molecule has 0 atom stereocenters. The van der Waals surface area contributed by atoms with E-state index in [4.69, 9.17) is 0 Å². The number of carbonyl (C=O) groups is 1. The maximum atomic E-state index is 11.9. The third kappa shape index (κ3) is 3.04. The Hall–Kier alpha value is -2.37. The Morgan fingerprint density at radius 2 is 2.10 bits per heavy atom. The van der Waals surface area contributed by atoms with E-state index in [-0.39, 0.29) is 5.91 Å². The van der Waals surface area contributed by atoms with Crippen LogP contribution in [0.25, 0.3) is 0 Å². The number of hydrogen-bond donors (Lipinski definition) is 1. The maximum Gasteiger partial charge on any atom is 0.271 e. The number of aromatic nitrogens is 4. The molecular weight excluding hydrogens is 266 g/mol. The van der Waals surface area contributed by atoms with Gasteiger partial charge in [-0.05, 0) is 38.2 Å². The van der Waals surface area contributed by atoms with Gasteiger partial charge < -0.3 is 5.32 Å². The largest absolute Gasteiger partial charge is 0.343 e. The normalized spacial score (nSPS) is 13.6. The van der Waals surface area contributed by atoms with Crippen molar-refractivity contribution in [1.29, 1.82) is 0 Å². The van der Waals surface area contributed by atoms with E-state index >= 15 is 0 Å². The summed E-state index contributed by atoms with van der Waals surface area (Å²) in [5.74, 6) is 0.396. The van der Waals surface area contributed by atoms with Crippen molar-refractivity contribution in [3.63, 3.8) is 0 Å². The van der Waals surface area contributed by atoms with E-state index in [0.717, 1.165) is 24.2 Å². The quantitative estimate of drug-likeness (QED) is 0.920. The molecule has 6 nitrogen and oxygen atoms in total. The molecule has 1 aliphatic rings. The Bertz CT molecular complexity index is 657. The van der Waals surface area contributed by atoms with Crippen molar-refractivity contribution in [2.45, 2.75) is 39.2 Å². The standard InChI is InChI=1S/C15H17N5O/c1-10-11-4-2-3-5-12(11)20-14(19-10)9-18-15(21)13-8-16-6-7-17-13/h6-8H,2-5,9H2,1H3,(H,18,21). The summed E-state index contributed by atoms with van der Waals surface area (Å²) in [6, 6.07) is 0. The second kappa shape index (κ2) is 5.95. The predicted molar refractivity (Wildman–Crippen MR) is 76.6 cm³/mol. The summed E-state index contributed by atoms with van der Waals surface area (Å²) in [4.78, 5) is 28.8. The van der Waals surface area contributed by atoms with E-state index in [0.29, 0.717) is 18.1 Å². The van der Waals surface area contributed by atoms with Gasteiger partial charge in [-0.2, -0.15) is 0 Å². The minimum Gasteiger partial charge on any atom is -0.343 e. The number of nitrogens with zero attached hydrogens (tertiary/aromatic N) is 4. The third-order valence-electron chi connectivity index (χ3n) is 3.64. The van der Waals surface area contributed by atoms with E-state index in [1.54, 1.807) is 0 Å². The molecular formula is C15H17N5O. The zero-order valence-electron chi connectivity index (χ0n) is 12.0. The van der Waals surface area contributed by atoms with Gasteiger partial charge in [0.05, 0.1) is 12.7 Å². The lowest BCUT2D eigenvalue weighted by Crippen LogP contribution is -2.26. The Labute approximate surface area is 123 Å². The number of carbonyl (C=O) groups excluding carboxylic acids is 1. The number of amides is 1. The number of aryl methyl sites for hydroxylation is 2. The summed E-state index contributed by atoms with van der Waals surface area (Å²) in [5.41, 5.74) is 3.75. The highest BCUT2D eigenvalue weighted by Crippen LogP contribution is 2.21. The van der Waals surface area contributed by atoms with Crippen molar-refractivity contribution in [3.05, 3.63) is 47.1 Å². The lowest BCUT2D eigenvalue weighted by Gasteiger charge is -2.17. The zero-order valence-corrected chi connectivity index (χ0v) is 12.0. The fraction of sp³-hybridized carbons (Fsp3) is 0.400. The molecule has 0 saturated carbocycles. The molecule has 0 spiro atoms. The van der Waals surface area contributed by atoms with Crippen LogP contribution in [-0.4, -0.2) is 25.8 Å². The molecule has 2 heterocycles. The van der Waals surface area contributed by atoms with E-state index in [9.17, 15) is 4.79 Å². The van der Waals surface area contributed by atoms with Crippen molar-refractivity contribution in [3.8, 4) is 0 Å². The van der Waals surface area contributed by atoms with E-state index in [1.807, 2.05) is 6.92 Å². The van der Waals surface area contributed by atoms with Gasteiger partial charge in [-0.1, -0.05) is 0 Å². The first-order chi connectivity index (χ1) is 10.2. The van der Waals surface area contributed by atoms with Crippen LogP contribution in [-0.2, 0) is 19.4 Å². The SMILES string of the molecule is Cc1nc(CNC(=O)c2cnccn2)nc2c1CCCC2. The van der Waals surface area contributed by atoms with E-state index < -0.39 is 0 Å². The Morgan fingerprint density at radius 1 is 1.24 bits per heavy atom. The summed E-state index contributed by atoms with van der Waals surface area (Å²) in [7, 11) is 0. The summed E-state index contributed by atoms with van der Waals surface area (Å²) >= 11 is 0. The van der Waals surface area contributed by atoms with Gasteiger partial charge in [-0.3, -0.25) is 9.78 Å². The van der Waals surface area contributed by atoms with Crippen molar-refractivity contribution < 1.29 is 4.79 Å². The highest BCUT2D eigenvalue weighted by molar-refractivity contribution is 5.91. The first kappa shape index (κ1) is 13.6. The summed E-state index contributed by atoms with van der Waals surface area (Å²) in [6.07, 6.45) is 8.92. The average molecular weight is 283 g/mol. The molecule has 0 saturated heterocycles. The molecule has 1 N–H and O–H groups in total. The van der Waals surface area contributed by atoms with E-state index in [2.05, 4.69) is 25.3 Å². The number of nitrogens with one attached hydrogen (secondary N) is 1. The smallest absolute Gasteiger partial charge is 0.271 e. The topological polar surface area (TPSA) is 80.7 Å². The van der Waals surface area contributed by atoms with Gasteiger partial charge in [0.1, 0.15) is 11.5 Å². The first-order valence-electron chi connectivity index (χ1n) is 7.13. The maximum absolute atomic E-state index is 11.9. The molecule has 0 fully saturated rings.